The van der Waals surface area contributed by atoms with Gasteiger partial charge in [0.25, 0.3) is 5.91 Å². The van der Waals surface area contributed by atoms with E-state index in [1.54, 1.807) is 30.3 Å². The molecule has 0 spiro atoms. The molecule has 1 aliphatic rings. The van der Waals surface area contributed by atoms with Gasteiger partial charge in [0, 0.05) is 32.4 Å². The highest BCUT2D eigenvalue weighted by Crippen LogP contribution is 2.21. The molecule has 3 heterocycles. The molecule has 1 atom stereocenters. The molecule has 2 aromatic heterocycles. The normalized spacial score (nSPS) is 18.7. The highest BCUT2D eigenvalue weighted by atomic mass is 16.2. The molecule has 0 radical (unpaired) electrons. The first-order valence-electron chi connectivity index (χ1n) is 6.95. The summed E-state index contributed by atoms with van der Waals surface area (Å²) in [4.78, 5) is 29.7. The average Bonchev–Trinajstić information content (AvgIpc) is 3.04. The molecule has 3 rings (SSSR count). The highest BCUT2D eigenvalue weighted by molar-refractivity contribution is 5.94. The van der Waals surface area contributed by atoms with Crippen LogP contribution in [0.3, 0.4) is 0 Å². The molecule has 0 aromatic carbocycles. The molecule has 1 amide bonds. The Hall–Kier alpha value is -2.44. The number of likely N-dealkylation sites (tertiary alicyclic amines) is 1. The minimum Gasteiger partial charge on any atom is -0.336 e. The smallest absolute Gasteiger partial charge is 0.255 e. The molecule has 0 bridgehead atoms. The number of aromatic nitrogens is 4. The van der Waals surface area contributed by atoms with Crippen molar-refractivity contribution in [3.63, 3.8) is 0 Å². The van der Waals surface area contributed by atoms with E-state index in [1.165, 1.54) is 17.0 Å². The Bertz CT molecular complexity index is 692. The van der Waals surface area contributed by atoms with Gasteiger partial charge in [-0.05, 0) is 18.9 Å². The Morgan fingerprint density at radius 1 is 1.38 bits per heavy atom. The Morgan fingerprint density at radius 2 is 2.24 bits per heavy atom. The Morgan fingerprint density at radius 3 is 2.95 bits per heavy atom. The van der Waals surface area contributed by atoms with Crippen molar-refractivity contribution in [3.05, 3.63) is 46.9 Å². The van der Waals surface area contributed by atoms with E-state index < -0.39 is 0 Å². The van der Waals surface area contributed by atoms with Gasteiger partial charge in [0.2, 0.25) is 5.56 Å². The Kier molecular flexibility index (Phi) is 3.55. The van der Waals surface area contributed by atoms with Crippen LogP contribution in [-0.4, -0.2) is 43.2 Å². The van der Waals surface area contributed by atoms with Gasteiger partial charge < -0.3 is 9.47 Å². The first-order chi connectivity index (χ1) is 10.1. The maximum atomic E-state index is 12.5. The second-order valence-corrected chi connectivity index (χ2v) is 5.29. The molecule has 2 aromatic rings. The van der Waals surface area contributed by atoms with Crippen LogP contribution in [0.25, 0.3) is 0 Å². The van der Waals surface area contributed by atoms with Crippen molar-refractivity contribution in [2.45, 2.75) is 18.9 Å². The summed E-state index contributed by atoms with van der Waals surface area (Å²) in [5.74, 6) is -0.0459. The topological polar surface area (TPSA) is 73.0 Å². The second-order valence-electron chi connectivity index (χ2n) is 5.29. The van der Waals surface area contributed by atoms with E-state index in [0.717, 1.165) is 19.4 Å². The monoisotopic (exact) mass is 287 g/mol. The Balaban J connectivity index is 1.78. The zero-order valence-corrected chi connectivity index (χ0v) is 11.8. The quantitative estimate of drug-likeness (QED) is 0.804. The van der Waals surface area contributed by atoms with Gasteiger partial charge in [0.05, 0.1) is 11.6 Å². The molecule has 110 valence electrons. The summed E-state index contributed by atoms with van der Waals surface area (Å²) in [7, 11) is 1.65. The van der Waals surface area contributed by atoms with Crippen LogP contribution in [-0.2, 0) is 7.05 Å². The standard InChI is InChI=1S/C14H17N5O2/c1-17-7-11(4-5-13(17)20)14(21)18-6-2-3-12(8-18)19-10-15-9-16-19/h4-5,7,9-10,12H,2-3,6,8H2,1H3. The van der Waals surface area contributed by atoms with Crippen molar-refractivity contribution in [2.75, 3.05) is 13.1 Å². The summed E-state index contributed by atoms with van der Waals surface area (Å²) in [5.41, 5.74) is 0.419. The fraction of sp³-hybridized carbons (Fsp3) is 0.429. The molecule has 1 unspecified atom stereocenters. The minimum absolute atomic E-state index is 0.0459. The molecule has 1 saturated heterocycles. The number of aryl methyl sites for hydroxylation is 1. The number of amides is 1. The number of hydrogen-bond donors (Lipinski definition) is 0. The summed E-state index contributed by atoms with van der Waals surface area (Å²) in [6.45, 7) is 1.35. The number of carbonyl (C=O) groups excluding carboxylic acids is 1. The highest BCUT2D eigenvalue weighted by Gasteiger charge is 2.26. The first-order valence-corrected chi connectivity index (χ1v) is 6.95. The van der Waals surface area contributed by atoms with Crippen molar-refractivity contribution >= 4 is 5.91 Å². The van der Waals surface area contributed by atoms with Gasteiger partial charge in [-0.15, -0.1) is 0 Å². The molecule has 0 saturated carbocycles. The summed E-state index contributed by atoms with van der Waals surface area (Å²) in [6.07, 6.45) is 6.70. The molecule has 0 N–H and O–H groups in total. The van der Waals surface area contributed by atoms with Gasteiger partial charge in [-0.2, -0.15) is 5.10 Å². The number of piperidine rings is 1. The van der Waals surface area contributed by atoms with Gasteiger partial charge >= 0.3 is 0 Å². The van der Waals surface area contributed by atoms with E-state index in [9.17, 15) is 9.59 Å². The molecule has 1 aliphatic heterocycles. The summed E-state index contributed by atoms with van der Waals surface area (Å²) in [6, 6.07) is 3.17. The van der Waals surface area contributed by atoms with Crippen LogP contribution in [0.5, 0.6) is 0 Å². The molecular formula is C14H17N5O2. The van der Waals surface area contributed by atoms with Crippen molar-refractivity contribution < 1.29 is 4.79 Å². The number of pyridine rings is 1. The summed E-state index contributed by atoms with van der Waals surface area (Å²) >= 11 is 0. The lowest BCUT2D eigenvalue weighted by molar-refractivity contribution is 0.0672. The van der Waals surface area contributed by atoms with E-state index in [0.29, 0.717) is 12.1 Å². The predicted molar refractivity (Wildman–Crippen MR) is 75.9 cm³/mol. The van der Waals surface area contributed by atoms with E-state index in [1.807, 2.05) is 4.90 Å². The summed E-state index contributed by atoms with van der Waals surface area (Å²) in [5, 5.41) is 4.15. The van der Waals surface area contributed by atoms with Gasteiger partial charge in [-0.3, -0.25) is 9.59 Å². The fourth-order valence-electron chi connectivity index (χ4n) is 2.66. The van der Waals surface area contributed by atoms with Crippen LogP contribution in [0.15, 0.2) is 35.8 Å². The van der Waals surface area contributed by atoms with Crippen molar-refractivity contribution in [3.8, 4) is 0 Å². The van der Waals surface area contributed by atoms with E-state index in [2.05, 4.69) is 10.1 Å². The van der Waals surface area contributed by atoms with Crippen LogP contribution >= 0.6 is 0 Å². The number of hydrogen-bond acceptors (Lipinski definition) is 4. The SMILES string of the molecule is Cn1cc(C(=O)N2CCCC(n3cncn3)C2)ccc1=O. The van der Waals surface area contributed by atoms with Gasteiger partial charge in [0.15, 0.2) is 0 Å². The zero-order valence-electron chi connectivity index (χ0n) is 11.8. The van der Waals surface area contributed by atoms with Crippen molar-refractivity contribution in [1.82, 2.24) is 24.2 Å². The number of carbonyl (C=O) groups is 1. The lowest BCUT2D eigenvalue weighted by Crippen LogP contribution is -2.41. The third-order valence-corrected chi connectivity index (χ3v) is 3.83. The molecule has 0 aliphatic carbocycles. The maximum Gasteiger partial charge on any atom is 0.255 e. The predicted octanol–water partition coefficient (Wildman–Crippen LogP) is 0.454. The van der Waals surface area contributed by atoms with Crippen molar-refractivity contribution in [1.29, 1.82) is 0 Å². The van der Waals surface area contributed by atoms with Crippen LogP contribution in [0.4, 0.5) is 0 Å². The summed E-state index contributed by atoms with van der Waals surface area (Å²) < 4.78 is 3.23. The maximum absolute atomic E-state index is 12.5. The third-order valence-electron chi connectivity index (χ3n) is 3.83. The first kappa shape index (κ1) is 13.5. The molecule has 7 heteroatoms. The Labute approximate surface area is 121 Å². The van der Waals surface area contributed by atoms with Gasteiger partial charge in [0.1, 0.15) is 12.7 Å². The fourth-order valence-corrected chi connectivity index (χ4v) is 2.66. The lowest BCUT2D eigenvalue weighted by atomic mass is 10.1. The molecule has 7 nitrogen and oxygen atoms in total. The molecule has 21 heavy (non-hydrogen) atoms. The second kappa shape index (κ2) is 5.51. The van der Waals surface area contributed by atoms with E-state index in [-0.39, 0.29) is 17.5 Å². The van der Waals surface area contributed by atoms with E-state index in [4.69, 9.17) is 0 Å². The molecular weight excluding hydrogens is 270 g/mol. The van der Waals surface area contributed by atoms with Gasteiger partial charge in [-0.1, -0.05) is 0 Å². The lowest BCUT2D eigenvalue weighted by Gasteiger charge is -2.32. The van der Waals surface area contributed by atoms with Crippen LogP contribution in [0.1, 0.15) is 29.2 Å². The largest absolute Gasteiger partial charge is 0.336 e. The number of nitrogens with zero attached hydrogens (tertiary/aromatic N) is 5. The van der Waals surface area contributed by atoms with Crippen LogP contribution in [0.2, 0.25) is 0 Å². The van der Waals surface area contributed by atoms with E-state index >= 15 is 0 Å². The zero-order chi connectivity index (χ0) is 14.8. The number of rotatable bonds is 2. The van der Waals surface area contributed by atoms with Gasteiger partial charge in [-0.25, -0.2) is 9.67 Å². The van der Waals surface area contributed by atoms with Crippen molar-refractivity contribution in [2.24, 2.45) is 7.05 Å². The van der Waals surface area contributed by atoms with Crippen LogP contribution < -0.4 is 5.56 Å². The average molecular weight is 287 g/mol. The van der Waals surface area contributed by atoms with Crippen LogP contribution in [0, 0.1) is 0 Å². The third kappa shape index (κ3) is 2.72. The minimum atomic E-state index is -0.120. The molecule has 1 fully saturated rings.